The Bertz CT molecular complexity index is 1230. The molecule has 0 saturated heterocycles. The van der Waals surface area contributed by atoms with Gasteiger partial charge in [0.25, 0.3) is 0 Å². The number of aliphatic hydroxyl groups excluding tert-OH is 2. The van der Waals surface area contributed by atoms with Crippen LogP contribution < -0.4 is 5.32 Å². The molecule has 0 heterocycles. The summed E-state index contributed by atoms with van der Waals surface area (Å²) in [4.78, 5) is 24.6. The van der Waals surface area contributed by atoms with Crippen LogP contribution in [0.3, 0.4) is 0 Å². The van der Waals surface area contributed by atoms with Crippen LogP contribution in [0.2, 0.25) is 0 Å². The molecule has 0 aliphatic heterocycles. The number of hydrogen-bond acceptors (Lipinski definition) is 5. The molecule has 0 aromatic rings. The first-order valence-electron chi connectivity index (χ1n) is 34.3. The highest BCUT2D eigenvalue weighted by atomic mass is 16.5. The van der Waals surface area contributed by atoms with Gasteiger partial charge in [0, 0.05) is 12.8 Å². The number of unbranched alkanes of at least 4 members (excludes halogenated alkanes) is 49. The maximum absolute atomic E-state index is 12.5. The molecule has 0 radical (unpaired) electrons. The lowest BCUT2D eigenvalue weighted by molar-refractivity contribution is -0.143. The molecule has 0 rings (SSSR count). The first kappa shape index (κ1) is 74.1. The molecule has 0 aliphatic carbocycles. The number of carbonyl (C=O) groups is 2. The molecule has 0 aromatic heterocycles. The average Bonchev–Trinajstić information content (AvgIpc) is 3.42. The van der Waals surface area contributed by atoms with Crippen molar-refractivity contribution in [3.63, 3.8) is 0 Å². The largest absolute Gasteiger partial charge is 0.466 e. The summed E-state index contributed by atoms with van der Waals surface area (Å²) in [5.41, 5.74) is 0. The van der Waals surface area contributed by atoms with Crippen LogP contribution in [-0.4, -0.2) is 47.4 Å². The molecule has 448 valence electrons. The van der Waals surface area contributed by atoms with E-state index in [1.165, 1.54) is 295 Å². The lowest BCUT2D eigenvalue weighted by atomic mass is 10.0. The Hall–Kier alpha value is -1.92. The van der Waals surface area contributed by atoms with Gasteiger partial charge in [0.2, 0.25) is 5.91 Å². The van der Waals surface area contributed by atoms with Gasteiger partial charge >= 0.3 is 5.97 Å². The summed E-state index contributed by atoms with van der Waals surface area (Å²) < 4.78 is 5.48. The maximum Gasteiger partial charge on any atom is 0.305 e. The van der Waals surface area contributed by atoms with E-state index in [1.54, 1.807) is 6.08 Å². The Balaban J connectivity index is 3.39. The van der Waals surface area contributed by atoms with E-state index in [9.17, 15) is 19.8 Å². The number of amides is 1. The molecule has 6 nitrogen and oxygen atoms in total. The van der Waals surface area contributed by atoms with Gasteiger partial charge in [-0.1, -0.05) is 339 Å². The zero-order chi connectivity index (χ0) is 55.0. The summed E-state index contributed by atoms with van der Waals surface area (Å²) in [6, 6.07) is -0.628. The van der Waals surface area contributed by atoms with E-state index >= 15 is 0 Å². The molecule has 0 spiro atoms. The normalized spacial score (nSPS) is 12.7. The first-order valence-corrected chi connectivity index (χ1v) is 34.3. The Labute approximate surface area is 474 Å². The predicted octanol–water partition coefficient (Wildman–Crippen LogP) is 21.9. The van der Waals surface area contributed by atoms with Crippen molar-refractivity contribution in [1.82, 2.24) is 5.32 Å². The van der Waals surface area contributed by atoms with E-state index in [2.05, 4.69) is 43.5 Å². The number of esters is 1. The van der Waals surface area contributed by atoms with Crippen molar-refractivity contribution in [3.05, 3.63) is 36.5 Å². The number of rotatable bonds is 64. The molecule has 2 atom stereocenters. The second kappa shape index (κ2) is 65.6. The molecule has 6 heteroatoms. The zero-order valence-corrected chi connectivity index (χ0v) is 51.3. The third kappa shape index (κ3) is 61.3. The summed E-state index contributed by atoms with van der Waals surface area (Å²) in [5, 5.41) is 23.2. The van der Waals surface area contributed by atoms with Gasteiger partial charge in [-0.2, -0.15) is 0 Å². The molecule has 0 bridgehead atoms. The Morgan fingerprint density at radius 1 is 0.368 bits per heavy atom. The van der Waals surface area contributed by atoms with Gasteiger partial charge < -0.3 is 20.3 Å². The molecule has 0 saturated carbocycles. The molecule has 76 heavy (non-hydrogen) atoms. The first-order chi connectivity index (χ1) is 37.5. The number of allylic oxidation sites excluding steroid dienone is 5. The van der Waals surface area contributed by atoms with Gasteiger partial charge in [-0.25, -0.2) is 0 Å². The molecule has 0 fully saturated rings. The zero-order valence-electron chi connectivity index (χ0n) is 51.3. The van der Waals surface area contributed by atoms with Crippen molar-refractivity contribution in [2.75, 3.05) is 13.2 Å². The Morgan fingerprint density at radius 3 is 1.04 bits per heavy atom. The third-order valence-corrected chi connectivity index (χ3v) is 15.9. The second-order valence-corrected chi connectivity index (χ2v) is 23.5. The Kier molecular flexibility index (Phi) is 63.9. The van der Waals surface area contributed by atoms with Gasteiger partial charge in [-0.15, -0.1) is 0 Å². The topological polar surface area (TPSA) is 95.9 Å². The summed E-state index contributed by atoms with van der Waals surface area (Å²) in [6.45, 7) is 4.89. The van der Waals surface area contributed by atoms with Crippen LogP contribution >= 0.6 is 0 Å². The summed E-state index contributed by atoms with van der Waals surface area (Å²) in [5.74, 6) is -0.0615. The van der Waals surface area contributed by atoms with Crippen LogP contribution in [0, 0.1) is 0 Å². The fraction of sp³-hybridized carbons (Fsp3) is 0.886. The van der Waals surface area contributed by atoms with Crippen LogP contribution in [-0.2, 0) is 14.3 Å². The predicted molar refractivity (Wildman–Crippen MR) is 333 cm³/mol. The lowest BCUT2D eigenvalue weighted by Crippen LogP contribution is -2.45. The van der Waals surface area contributed by atoms with Crippen molar-refractivity contribution >= 4 is 11.9 Å². The average molecular weight is 1070 g/mol. The highest BCUT2D eigenvalue weighted by molar-refractivity contribution is 5.76. The number of hydrogen-bond donors (Lipinski definition) is 3. The summed E-state index contributed by atoms with van der Waals surface area (Å²) in [7, 11) is 0. The number of ether oxygens (including phenoxy) is 1. The van der Waals surface area contributed by atoms with Crippen LogP contribution in [0.5, 0.6) is 0 Å². The van der Waals surface area contributed by atoms with Crippen molar-refractivity contribution in [2.45, 2.75) is 386 Å². The highest BCUT2D eigenvalue weighted by Gasteiger charge is 2.18. The van der Waals surface area contributed by atoms with E-state index in [4.69, 9.17) is 4.74 Å². The molecule has 3 N–H and O–H groups in total. The van der Waals surface area contributed by atoms with Gasteiger partial charge in [-0.05, 0) is 57.8 Å². The number of carbonyl (C=O) groups excluding carboxylic acids is 2. The molecular formula is C70H133NO5. The highest BCUT2D eigenvalue weighted by Crippen LogP contribution is 2.18. The van der Waals surface area contributed by atoms with Crippen molar-refractivity contribution < 1.29 is 24.5 Å². The molecule has 1 amide bonds. The van der Waals surface area contributed by atoms with Gasteiger partial charge in [0.15, 0.2) is 0 Å². The molecule has 0 aromatic carbocycles. The maximum atomic E-state index is 12.5. The quantitative estimate of drug-likeness (QED) is 0.0320. The third-order valence-electron chi connectivity index (χ3n) is 15.9. The van der Waals surface area contributed by atoms with E-state index in [1.807, 2.05) is 6.08 Å². The van der Waals surface area contributed by atoms with Gasteiger partial charge in [0.05, 0.1) is 25.4 Å². The second-order valence-electron chi connectivity index (χ2n) is 23.5. The van der Waals surface area contributed by atoms with Crippen molar-refractivity contribution in [2.24, 2.45) is 0 Å². The standard InChI is InChI=1S/C70H133NO5/c1-3-5-7-9-11-13-15-17-19-20-21-29-32-35-38-42-46-50-54-58-62-68(73)67(66-72)71-69(74)63-59-55-51-47-43-39-36-33-30-27-25-23-22-24-26-28-31-34-37-41-45-49-53-57-61-65-76-70(75)64-60-56-52-48-44-40-18-16-14-12-10-8-6-4-2/h10,12,16,18,58,62,67-68,72-73H,3-9,11,13-15,17,19-57,59-61,63-66H2,1-2H3,(H,71,74)/b12-10-,18-16-,62-58+. The molecule has 2 unspecified atom stereocenters. The van der Waals surface area contributed by atoms with Crippen molar-refractivity contribution in [3.8, 4) is 0 Å². The lowest BCUT2D eigenvalue weighted by Gasteiger charge is -2.20. The van der Waals surface area contributed by atoms with Crippen molar-refractivity contribution in [1.29, 1.82) is 0 Å². The fourth-order valence-electron chi connectivity index (χ4n) is 10.7. The Morgan fingerprint density at radius 2 is 0.671 bits per heavy atom. The van der Waals surface area contributed by atoms with Crippen LogP contribution in [0.1, 0.15) is 373 Å². The minimum atomic E-state index is -0.844. The van der Waals surface area contributed by atoms with E-state index in [-0.39, 0.29) is 18.5 Å². The van der Waals surface area contributed by atoms with E-state index in [0.29, 0.717) is 19.4 Å². The summed E-state index contributed by atoms with van der Waals surface area (Å²) >= 11 is 0. The smallest absolute Gasteiger partial charge is 0.305 e. The molecule has 0 aliphatic rings. The summed E-state index contributed by atoms with van der Waals surface area (Å²) in [6.07, 6.45) is 83.5. The number of aliphatic hydroxyl groups is 2. The monoisotopic (exact) mass is 1070 g/mol. The number of nitrogens with one attached hydrogen (secondary N) is 1. The minimum absolute atomic E-state index is 0.00164. The van der Waals surface area contributed by atoms with Crippen LogP contribution in [0.15, 0.2) is 36.5 Å². The van der Waals surface area contributed by atoms with Gasteiger partial charge in [0.1, 0.15) is 0 Å². The van der Waals surface area contributed by atoms with Crippen LogP contribution in [0.4, 0.5) is 0 Å². The SMILES string of the molecule is CCCC/C=C\C/C=C\CCCCCCCC(=O)OCCCCCCCCCCCCCCCCCCCCCCCCCCCC(=O)NC(CO)C(O)/C=C/CCCCCCCCCCCCCCCCCCCC. The molecular weight excluding hydrogens is 935 g/mol. The minimum Gasteiger partial charge on any atom is -0.466 e. The van der Waals surface area contributed by atoms with E-state index in [0.717, 1.165) is 51.4 Å². The van der Waals surface area contributed by atoms with E-state index < -0.39 is 12.1 Å². The van der Waals surface area contributed by atoms with Gasteiger partial charge in [-0.3, -0.25) is 9.59 Å². The fourth-order valence-corrected chi connectivity index (χ4v) is 10.7. The van der Waals surface area contributed by atoms with Crippen LogP contribution in [0.25, 0.3) is 0 Å².